The molecule has 3 N–H and O–H groups in total. The Morgan fingerprint density at radius 1 is 1.37 bits per heavy atom. The van der Waals surface area contributed by atoms with Crippen LogP contribution in [-0.2, 0) is 0 Å². The van der Waals surface area contributed by atoms with Crippen LogP contribution in [0.4, 0.5) is 14.5 Å². The van der Waals surface area contributed by atoms with Crippen LogP contribution >= 0.6 is 20.6 Å². The van der Waals surface area contributed by atoms with Gasteiger partial charge in [-0.05, 0) is 23.4 Å². The monoisotopic (exact) mass is 512 g/mol. The Kier molecular flexibility index (Phi) is 5.77. The van der Waals surface area contributed by atoms with E-state index in [1.54, 1.807) is 18.5 Å². The summed E-state index contributed by atoms with van der Waals surface area (Å²) in [5, 5.41) is 25.6. The zero-order valence-electron chi connectivity index (χ0n) is 19.0. The SMILES string of the molecule is C=C(Nc1cnc(-n2nccn2)c(P)c1)/C(C=N)=C1/NC2=c3ccsc3=C(C(C)C)N(C2)C1(F)F. The molecule has 0 saturated carbocycles. The summed E-state index contributed by atoms with van der Waals surface area (Å²) in [5.74, 6) is 0.417. The molecule has 0 spiro atoms. The van der Waals surface area contributed by atoms with E-state index in [0.29, 0.717) is 28.2 Å². The second-order valence-corrected chi connectivity index (χ2v) is 9.96. The molecule has 12 heteroatoms. The molecule has 0 aliphatic carbocycles. The van der Waals surface area contributed by atoms with Gasteiger partial charge in [0.05, 0.1) is 35.4 Å². The predicted molar refractivity (Wildman–Crippen MR) is 137 cm³/mol. The van der Waals surface area contributed by atoms with E-state index >= 15 is 8.78 Å². The Morgan fingerprint density at radius 2 is 2.11 bits per heavy atom. The molecule has 180 valence electrons. The summed E-state index contributed by atoms with van der Waals surface area (Å²) in [6.45, 7) is 7.86. The lowest BCUT2D eigenvalue weighted by Gasteiger charge is -2.44. The van der Waals surface area contributed by atoms with Crippen LogP contribution in [-0.4, -0.2) is 43.7 Å². The van der Waals surface area contributed by atoms with Crippen LogP contribution in [0.5, 0.6) is 0 Å². The number of pyridine rings is 1. The molecule has 1 unspecified atom stereocenters. The minimum atomic E-state index is -3.36. The summed E-state index contributed by atoms with van der Waals surface area (Å²) in [4.78, 5) is 6.88. The zero-order chi connectivity index (χ0) is 24.9. The highest BCUT2D eigenvalue weighted by Crippen LogP contribution is 2.40. The average Bonchev–Trinajstić information content (AvgIpc) is 3.50. The molecule has 2 bridgehead atoms. The smallest absolute Gasteiger partial charge is 0.354 e. The number of aromatic nitrogens is 4. The molecule has 5 rings (SSSR count). The summed E-state index contributed by atoms with van der Waals surface area (Å²) in [6.07, 6.45) is 5.52. The summed E-state index contributed by atoms with van der Waals surface area (Å²) in [7, 11) is 2.55. The van der Waals surface area contributed by atoms with E-state index in [-0.39, 0.29) is 29.4 Å². The first kappa shape index (κ1) is 23.3. The van der Waals surface area contributed by atoms with Gasteiger partial charge >= 0.3 is 6.05 Å². The van der Waals surface area contributed by atoms with Crippen LogP contribution in [0.25, 0.3) is 17.2 Å². The van der Waals surface area contributed by atoms with E-state index in [1.807, 2.05) is 25.3 Å². The van der Waals surface area contributed by atoms with Crippen molar-refractivity contribution in [3.8, 4) is 5.82 Å². The van der Waals surface area contributed by atoms with Crippen molar-refractivity contribution in [3.05, 3.63) is 69.4 Å². The van der Waals surface area contributed by atoms with Gasteiger partial charge in [-0.15, -0.1) is 25.4 Å². The molecular weight excluding hydrogens is 489 g/mol. The number of hydrogen-bond acceptors (Lipinski definition) is 8. The fourth-order valence-corrected chi connectivity index (χ4v) is 5.80. The first-order valence-electron chi connectivity index (χ1n) is 10.8. The number of rotatable bonds is 6. The maximum atomic E-state index is 15.9. The third kappa shape index (κ3) is 3.84. The average molecular weight is 513 g/mol. The minimum Gasteiger partial charge on any atom is -0.354 e. The molecule has 3 aromatic heterocycles. The van der Waals surface area contributed by atoms with Gasteiger partial charge in [0.2, 0.25) is 0 Å². The van der Waals surface area contributed by atoms with Crippen LogP contribution in [0.2, 0.25) is 0 Å². The molecular formula is C23H23F2N8PS. The van der Waals surface area contributed by atoms with E-state index in [0.717, 1.165) is 20.9 Å². The molecule has 5 heterocycles. The molecule has 0 aromatic carbocycles. The van der Waals surface area contributed by atoms with Crippen LogP contribution in [0, 0.1) is 11.3 Å². The Balaban J connectivity index is 1.53. The van der Waals surface area contributed by atoms with Crippen molar-refractivity contribution in [2.75, 3.05) is 11.9 Å². The lowest BCUT2D eigenvalue weighted by atomic mass is 9.99. The van der Waals surface area contributed by atoms with Crippen LogP contribution < -0.4 is 25.7 Å². The molecule has 35 heavy (non-hydrogen) atoms. The number of anilines is 1. The van der Waals surface area contributed by atoms with Gasteiger partial charge in [-0.3, -0.25) is 0 Å². The third-order valence-corrected chi connectivity index (χ3v) is 7.19. The van der Waals surface area contributed by atoms with E-state index in [9.17, 15) is 0 Å². The number of nitrogens with one attached hydrogen (secondary N) is 3. The van der Waals surface area contributed by atoms with Gasteiger partial charge in [0.1, 0.15) is 5.70 Å². The van der Waals surface area contributed by atoms with Crippen LogP contribution in [0.3, 0.4) is 0 Å². The van der Waals surface area contributed by atoms with Crippen LogP contribution in [0.1, 0.15) is 13.8 Å². The first-order valence-corrected chi connectivity index (χ1v) is 12.2. The largest absolute Gasteiger partial charge is 0.368 e. The van der Waals surface area contributed by atoms with Crippen molar-refractivity contribution >= 4 is 49.2 Å². The van der Waals surface area contributed by atoms with Gasteiger partial charge in [-0.25, -0.2) is 4.98 Å². The van der Waals surface area contributed by atoms with Gasteiger partial charge in [0.25, 0.3) is 0 Å². The standard InChI is InChI=1S/C23H23F2N8PS/c1-12(2)19-20-15(4-7-35-20)17-11-32(19)23(24,25)21(31-17)16(9-26)13(3)30-14-8-18(34)22(27-10-14)33-28-5-6-29-33/h4-10,12,26,30-31H,3,11,34H2,1-2H3/b21-16+,26-9?. The molecule has 2 aliphatic heterocycles. The molecule has 2 aliphatic rings. The zero-order valence-corrected chi connectivity index (χ0v) is 21.0. The van der Waals surface area contributed by atoms with Crippen molar-refractivity contribution in [1.29, 1.82) is 5.41 Å². The second-order valence-electron chi connectivity index (χ2n) is 8.43. The quantitative estimate of drug-likeness (QED) is 0.266. The summed E-state index contributed by atoms with van der Waals surface area (Å²) in [5.41, 5.74) is 1.56. The van der Waals surface area contributed by atoms with Crippen molar-refractivity contribution in [2.45, 2.75) is 19.9 Å². The van der Waals surface area contributed by atoms with Gasteiger partial charge in [0.15, 0.2) is 5.82 Å². The number of thiophene rings is 1. The molecule has 0 amide bonds. The van der Waals surface area contributed by atoms with Crippen molar-refractivity contribution in [3.63, 3.8) is 0 Å². The molecule has 3 aromatic rings. The second kappa shape index (κ2) is 8.66. The van der Waals surface area contributed by atoms with Gasteiger partial charge < -0.3 is 20.9 Å². The lowest BCUT2D eigenvalue weighted by Crippen LogP contribution is -2.59. The number of fused-ring (bicyclic) bond motifs is 3. The first-order chi connectivity index (χ1) is 16.7. The Hall–Kier alpha value is -3.43. The Labute approximate surface area is 206 Å². The van der Waals surface area contributed by atoms with E-state index < -0.39 is 6.05 Å². The molecule has 0 radical (unpaired) electrons. The highest BCUT2D eigenvalue weighted by atomic mass is 32.1. The number of nitrogens with zero attached hydrogens (tertiary/aromatic N) is 5. The van der Waals surface area contributed by atoms with Crippen molar-refractivity contribution in [1.82, 2.24) is 30.2 Å². The van der Waals surface area contributed by atoms with Crippen molar-refractivity contribution < 1.29 is 8.78 Å². The van der Waals surface area contributed by atoms with Gasteiger partial charge in [-0.2, -0.15) is 19.0 Å². The van der Waals surface area contributed by atoms with Gasteiger partial charge in [0, 0.05) is 39.4 Å². The fraction of sp³-hybridized carbons (Fsp3) is 0.217. The summed E-state index contributed by atoms with van der Waals surface area (Å²) in [6, 6.07) is 0.347. The van der Waals surface area contributed by atoms with E-state index in [4.69, 9.17) is 5.41 Å². The summed E-state index contributed by atoms with van der Waals surface area (Å²) < 4.78 is 32.7. The Morgan fingerprint density at radius 3 is 2.77 bits per heavy atom. The maximum Gasteiger partial charge on any atom is 0.368 e. The molecule has 1 saturated heterocycles. The lowest BCUT2D eigenvalue weighted by molar-refractivity contribution is -0.0900. The highest BCUT2D eigenvalue weighted by molar-refractivity contribution is 7.27. The highest BCUT2D eigenvalue weighted by Gasteiger charge is 2.50. The van der Waals surface area contributed by atoms with Gasteiger partial charge in [-0.1, -0.05) is 20.4 Å². The third-order valence-electron chi connectivity index (χ3n) is 5.83. The number of alkyl halides is 2. The normalized spacial score (nSPS) is 17.7. The number of piperazine rings is 1. The van der Waals surface area contributed by atoms with E-state index in [2.05, 4.69) is 41.6 Å². The van der Waals surface area contributed by atoms with Crippen molar-refractivity contribution in [2.24, 2.45) is 5.92 Å². The number of hydrogen-bond donors (Lipinski definition) is 3. The molecule has 8 nitrogen and oxygen atoms in total. The van der Waals surface area contributed by atoms with E-state index in [1.165, 1.54) is 22.3 Å². The number of allylic oxidation sites excluding steroid dienone is 1. The topological polar surface area (TPSA) is 94.8 Å². The summed E-state index contributed by atoms with van der Waals surface area (Å²) >= 11 is 1.46. The predicted octanol–water partition coefficient (Wildman–Crippen LogP) is 2.14. The minimum absolute atomic E-state index is 0.0258. The molecule has 1 fully saturated rings. The fourth-order valence-electron chi connectivity index (χ4n) is 4.30. The van der Waals surface area contributed by atoms with Crippen LogP contribution in [0.15, 0.2) is 59.6 Å². The Bertz CT molecular complexity index is 1490. The maximum absolute atomic E-state index is 15.9. The number of halogens is 2. The molecule has 1 atom stereocenters.